The maximum absolute atomic E-state index is 8.77. The SMILES string of the molecule is CCC(C)(C)[P+](O)(O)O. The third kappa shape index (κ3) is 2.18. The highest BCUT2D eigenvalue weighted by Gasteiger charge is 2.49. The van der Waals surface area contributed by atoms with Crippen molar-refractivity contribution in [2.45, 2.75) is 32.3 Å². The molecule has 0 spiro atoms. The van der Waals surface area contributed by atoms with Crippen LogP contribution in [0.1, 0.15) is 27.2 Å². The zero-order valence-electron chi connectivity index (χ0n) is 6.00. The van der Waals surface area contributed by atoms with Crippen molar-refractivity contribution >= 4 is 7.94 Å². The fraction of sp³-hybridized carbons (Fsp3) is 1.00. The van der Waals surface area contributed by atoms with Crippen molar-refractivity contribution in [2.75, 3.05) is 0 Å². The van der Waals surface area contributed by atoms with Crippen LogP contribution in [0.5, 0.6) is 0 Å². The first-order chi connectivity index (χ1) is 3.81. The summed E-state index contributed by atoms with van der Waals surface area (Å²) in [4.78, 5) is 26.3. The van der Waals surface area contributed by atoms with Crippen LogP contribution in [-0.4, -0.2) is 19.8 Å². The lowest BCUT2D eigenvalue weighted by atomic mass is 10.1. The Morgan fingerprint density at radius 1 is 1.22 bits per heavy atom. The Bertz CT molecular complexity index is 94.9. The van der Waals surface area contributed by atoms with E-state index in [2.05, 4.69) is 0 Å². The van der Waals surface area contributed by atoms with Gasteiger partial charge in [0.15, 0.2) is 5.16 Å². The predicted molar refractivity (Wildman–Crippen MR) is 37.9 cm³/mol. The molecule has 0 heterocycles. The fourth-order valence-corrected chi connectivity index (χ4v) is 0.636. The summed E-state index contributed by atoms with van der Waals surface area (Å²) >= 11 is 0. The third-order valence-electron chi connectivity index (χ3n) is 1.68. The van der Waals surface area contributed by atoms with E-state index >= 15 is 0 Å². The summed E-state index contributed by atoms with van der Waals surface area (Å²) in [6.07, 6.45) is 0.560. The van der Waals surface area contributed by atoms with Crippen LogP contribution in [0.2, 0.25) is 0 Å². The molecular weight excluding hydrogens is 139 g/mol. The Kier molecular flexibility index (Phi) is 2.59. The molecule has 0 saturated heterocycles. The second-order valence-corrected chi connectivity index (χ2v) is 5.08. The summed E-state index contributed by atoms with van der Waals surface area (Å²) in [5, 5.41) is -0.743. The summed E-state index contributed by atoms with van der Waals surface area (Å²) in [7, 11) is -3.62. The number of hydrogen-bond acceptors (Lipinski definition) is 3. The second-order valence-electron chi connectivity index (χ2n) is 2.73. The Labute approximate surface area is 55.9 Å². The number of rotatable bonds is 2. The van der Waals surface area contributed by atoms with Gasteiger partial charge in [0, 0.05) is 0 Å². The molecular formula is C5H14O3P+. The van der Waals surface area contributed by atoms with E-state index in [0.717, 1.165) is 0 Å². The minimum atomic E-state index is -3.62. The Balaban J connectivity index is 4.14. The molecule has 0 aromatic rings. The molecule has 0 bridgehead atoms. The highest BCUT2D eigenvalue weighted by atomic mass is 31.2. The van der Waals surface area contributed by atoms with Crippen LogP contribution in [0.3, 0.4) is 0 Å². The molecule has 0 aliphatic rings. The van der Waals surface area contributed by atoms with Crippen molar-refractivity contribution in [3.63, 3.8) is 0 Å². The van der Waals surface area contributed by atoms with Gasteiger partial charge in [-0.2, -0.15) is 14.7 Å². The van der Waals surface area contributed by atoms with Crippen LogP contribution < -0.4 is 0 Å². The van der Waals surface area contributed by atoms with Gasteiger partial charge in [0.2, 0.25) is 0 Å². The van der Waals surface area contributed by atoms with Crippen molar-refractivity contribution in [3.05, 3.63) is 0 Å². The average Bonchev–Trinajstić information content (AvgIpc) is 1.64. The Morgan fingerprint density at radius 3 is 1.56 bits per heavy atom. The molecule has 0 saturated carbocycles. The van der Waals surface area contributed by atoms with Crippen LogP contribution in [0.15, 0.2) is 0 Å². The molecule has 0 amide bonds. The van der Waals surface area contributed by atoms with Crippen molar-refractivity contribution in [3.8, 4) is 0 Å². The molecule has 0 aliphatic heterocycles. The molecule has 4 heteroatoms. The monoisotopic (exact) mass is 153 g/mol. The summed E-state index contributed by atoms with van der Waals surface area (Å²) < 4.78 is 0. The molecule has 0 aromatic heterocycles. The number of hydrogen-bond donors (Lipinski definition) is 3. The maximum Gasteiger partial charge on any atom is 0.409 e. The highest BCUT2D eigenvalue weighted by Crippen LogP contribution is 2.59. The van der Waals surface area contributed by atoms with Gasteiger partial charge in [-0.15, -0.1) is 0 Å². The van der Waals surface area contributed by atoms with Gasteiger partial charge >= 0.3 is 7.94 Å². The third-order valence-corrected chi connectivity index (χ3v) is 3.62. The van der Waals surface area contributed by atoms with E-state index in [-0.39, 0.29) is 0 Å². The van der Waals surface area contributed by atoms with Crippen LogP contribution >= 0.6 is 7.94 Å². The second kappa shape index (κ2) is 2.51. The van der Waals surface area contributed by atoms with E-state index in [1.807, 2.05) is 0 Å². The molecule has 3 N–H and O–H groups in total. The van der Waals surface area contributed by atoms with Gasteiger partial charge in [-0.05, 0) is 20.3 Å². The largest absolute Gasteiger partial charge is 0.409 e. The highest BCUT2D eigenvalue weighted by molar-refractivity contribution is 7.60. The molecule has 0 fully saturated rings. The van der Waals surface area contributed by atoms with Crippen LogP contribution in [0, 0.1) is 0 Å². The summed E-state index contributed by atoms with van der Waals surface area (Å²) in [5.41, 5.74) is 0. The molecule has 0 unspecified atom stereocenters. The van der Waals surface area contributed by atoms with Crippen LogP contribution in [-0.2, 0) is 0 Å². The molecule has 56 valence electrons. The van der Waals surface area contributed by atoms with E-state index in [4.69, 9.17) is 14.7 Å². The molecule has 0 aliphatic carbocycles. The molecule has 0 atom stereocenters. The molecule has 3 nitrogen and oxygen atoms in total. The standard InChI is InChI=1S/C5H14O3P/c1-4-5(2,3)9(6,7)8/h6-8H,4H2,1-3H3/q+1. The van der Waals surface area contributed by atoms with Crippen molar-refractivity contribution in [1.29, 1.82) is 0 Å². The quantitative estimate of drug-likeness (QED) is 0.517. The van der Waals surface area contributed by atoms with Crippen molar-refractivity contribution in [2.24, 2.45) is 0 Å². The average molecular weight is 153 g/mol. The lowest BCUT2D eigenvalue weighted by Crippen LogP contribution is -2.22. The van der Waals surface area contributed by atoms with Gasteiger partial charge in [-0.25, -0.2) is 0 Å². The van der Waals surface area contributed by atoms with E-state index in [0.29, 0.717) is 6.42 Å². The maximum atomic E-state index is 8.77. The first-order valence-corrected chi connectivity index (χ1v) is 4.53. The zero-order valence-corrected chi connectivity index (χ0v) is 6.89. The van der Waals surface area contributed by atoms with E-state index in [1.165, 1.54) is 0 Å². The first-order valence-electron chi connectivity index (χ1n) is 2.88. The minimum Gasteiger partial charge on any atom is -0.192 e. The zero-order chi connectivity index (χ0) is 7.71. The van der Waals surface area contributed by atoms with E-state index < -0.39 is 13.1 Å². The van der Waals surface area contributed by atoms with Gasteiger partial charge in [0.05, 0.1) is 0 Å². The lowest BCUT2D eigenvalue weighted by molar-refractivity contribution is 0.290. The van der Waals surface area contributed by atoms with Gasteiger partial charge in [-0.3, -0.25) is 0 Å². The molecule has 0 rings (SSSR count). The normalized spacial score (nSPS) is 14.0. The van der Waals surface area contributed by atoms with Crippen molar-refractivity contribution in [1.82, 2.24) is 0 Å². The van der Waals surface area contributed by atoms with Crippen LogP contribution in [0.25, 0.3) is 0 Å². The Morgan fingerprint density at radius 2 is 1.56 bits per heavy atom. The van der Waals surface area contributed by atoms with Crippen LogP contribution in [0.4, 0.5) is 0 Å². The Hall–Kier alpha value is 0.310. The van der Waals surface area contributed by atoms with Gasteiger partial charge in [0.1, 0.15) is 0 Å². The van der Waals surface area contributed by atoms with Crippen molar-refractivity contribution < 1.29 is 14.7 Å². The minimum absolute atomic E-state index is 0.560. The van der Waals surface area contributed by atoms with E-state index in [9.17, 15) is 0 Å². The topological polar surface area (TPSA) is 60.7 Å². The smallest absolute Gasteiger partial charge is 0.192 e. The molecule has 0 aromatic carbocycles. The molecule has 0 radical (unpaired) electrons. The van der Waals surface area contributed by atoms with Gasteiger partial charge < -0.3 is 0 Å². The van der Waals surface area contributed by atoms with Gasteiger partial charge in [0.25, 0.3) is 0 Å². The fourth-order valence-electron chi connectivity index (χ4n) is 0.212. The lowest BCUT2D eigenvalue weighted by Gasteiger charge is -2.21. The summed E-state index contributed by atoms with van der Waals surface area (Å²) in [6.45, 7) is 5.05. The van der Waals surface area contributed by atoms with Gasteiger partial charge in [-0.1, -0.05) is 6.92 Å². The summed E-state index contributed by atoms with van der Waals surface area (Å²) in [5.74, 6) is 0. The molecule has 9 heavy (non-hydrogen) atoms. The van der Waals surface area contributed by atoms with E-state index in [1.54, 1.807) is 20.8 Å². The summed E-state index contributed by atoms with van der Waals surface area (Å²) in [6, 6.07) is 0. The predicted octanol–water partition coefficient (Wildman–Crippen LogP) is 0.914. The first kappa shape index (κ1) is 9.31.